The van der Waals surface area contributed by atoms with Gasteiger partial charge in [-0.2, -0.15) is 0 Å². The number of amides is 2. The number of anilines is 1. The van der Waals surface area contributed by atoms with Gasteiger partial charge in [0.05, 0.1) is 5.75 Å². The third kappa shape index (κ3) is 4.25. The molecule has 9 heteroatoms. The number of nitrogens with zero attached hydrogens (tertiary/aromatic N) is 2. The number of para-hydroxylation sites is 1. The van der Waals surface area contributed by atoms with Crippen LogP contribution in [0.5, 0.6) is 0 Å². The number of halogens is 2. The fourth-order valence-electron chi connectivity index (χ4n) is 3.76. The minimum absolute atomic E-state index is 0.0440. The van der Waals surface area contributed by atoms with Gasteiger partial charge in [0.25, 0.3) is 0 Å². The molecule has 0 saturated carbocycles. The Balaban J connectivity index is 1.61. The smallest absolute Gasteiger partial charge is 0.317 e. The summed E-state index contributed by atoms with van der Waals surface area (Å²) in [7, 11) is -3.17. The van der Waals surface area contributed by atoms with Gasteiger partial charge < -0.3 is 15.1 Å². The third-order valence-corrected chi connectivity index (χ3v) is 5.89. The van der Waals surface area contributed by atoms with Gasteiger partial charge in [-0.1, -0.05) is 6.07 Å². The zero-order valence-electron chi connectivity index (χ0n) is 14.6. The van der Waals surface area contributed by atoms with E-state index in [4.69, 9.17) is 0 Å². The fourth-order valence-corrected chi connectivity index (χ4v) is 4.80. The first-order valence-corrected chi connectivity index (χ1v) is 10.7. The van der Waals surface area contributed by atoms with Crippen molar-refractivity contribution in [2.24, 2.45) is 0 Å². The summed E-state index contributed by atoms with van der Waals surface area (Å²) in [5, 5.41) is 2.88. The number of urea groups is 1. The molecule has 0 bridgehead atoms. The molecule has 1 aromatic carbocycles. The van der Waals surface area contributed by atoms with Crippen molar-refractivity contribution in [3.8, 4) is 0 Å². The van der Waals surface area contributed by atoms with E-state index in [2.05, 4.69) is 5.32 Å². The molecular weight excluding hydrogens is 364 g/mol. The molecular formula is C17H23F2N3O3S. The predicted molar refractivity (Wildman–Crippen MR) is 94.9 cm³/mol. The van der Waals surface area contributed by atoms with Crippen LogP contribution in [0.15, 0.2) is 18.2 Å². The van der Waals surface area contributed by atoms with Gasteiger partial charge in [0.15, 0.2) is 0 Å². The Kier molecular flexibility index (Phi) is 5.36. The van der Waals surface area contributed by atoms with Gasteiger partial charge in [0.2, 0.25) is 0 Å². The van der Waals surface area contributed by atoms with Crippen LogP contribution in [-0.4, -0.2) is 63.1 Å². The van der Waals surface area contributed by atoms with Crippen molar-refractivity contribution in [1.29, 1.82) is 0 Å². The van der Waals surface area contributed by atoms with Gasteiger partial charge in [-0.15, -0.1) is 0 Å². The second kappa shape index (κ2) is 7.38. The van der Waals surface area contributed by atoms with E-state index in [1.807, 2.05) is 0 Å². The van der Waals surface area contributed by atoms with Gasteiger partial charge in [0.1, 0.15) is 27.2 Å². The van der Waals surface area contributed by atoms with Crippen molar-refractivity contribution in [2.45, 2.75) is 31.3 Å². The second-order valence-electron chi connectivity index (χ2n) is 7.03. The van der Waals surface area contributed by atoms with Crippen LogP contribution in [0.2, 0.25) is 0 Å². The van der Waals surface area contributed by atoms with Gasteiger partial charge >= 0.3 is 6.03 Å². The van der Waals surface area contributed by atoms with Crippen LogP contribution in [-0.2, 0) is 9.84 Å². The van der Waals surface area contributed by atoms with Crippen LogP contribution in [0, 0.1) is 11.6 Å². The summed E-state index contributed by atoms with van der Waals surface area (Å²) in [6.45, 7) is 1.27. The van der Waals surface area contributed by atoms with Crippen molar-refractivity contribution < 1.29 is 22.0 Å². The molecule has 2 heterocycles. The first-order valence-electron chi connectivity index (χ1n) is 8.68. The minimum atomic E-state index is -3.17. The molecule has 2 aliphatic heterocycles. The van der Waals surface area contributed by atoms with Crippen molar-refractivity contribution in [3.63, 3.8) is 0 Å². The molecule has 3 rings (SSSR count). The number of rotatable bonds is 4. The molecule has 1 N–H and O–H groups in total. The molecule has 26 heavy (non-hydrogen) atoms. The van der Waals surface area contributed by atoms with Crippen molar-refractivity contribution >= 4 is 21.6 Å². The molecule has 1 unspecified atom stereocenters. The van der Waals surface area contributed by atoms with E-state index < -0.39 is 21.5 Å². The number of carbonyl (C=O) groups excluding carboxylic acids is 1. The number of carbonyl (C=O) groups is 1. The summed E-state index contributed by atoms with van der Waals surface area (Å²) in [4.78, 5) is 15.7. The first-order chi connectivity index (χ1) is 12.2. The number of sulfone groups is 1. The minimum Gasteiger partial charge on any atom is -0.365 e. The van der Waals surface area contributed by atoms with Crippen LogP contribution < -0.4 is 10.2 Å². The zero-order chi connectivity index (χ0) is 18.9. The summed E-state index contributed by atoms with van der Waals surface area (Å²) in [5.41, 5.74) is -0.0691. The van der Waals surface area contributed by atoms with Crippen molar-refractivity contribution in [1.82, 2.24) is 10.2 Å². The van der Waals surface area contributed by atoms with Gasteiger partial charge in [-0.3, -0.25) is 0 Å². The van der Waals surface area contributed by atoms with E-state index in [0.717, 1.165) is 6.42 Å². The summed E-state index contributed by atoms with van der Waals surface area (Å²) in [5.74, 6) is -1.29. The Morgan fingerprint density at radius 1 is 1.23 bits per heavy atom. The largest absolute Gasteiger partial charge is 0.365 e. The Hall–Kier alpha value is -1.90. The van der Waals surface area contributed by atoms with Crippen molar-refractivity contribution in [3.05, 3.63) is 29.8 Å². The average Bonchev–Trinajstić information content (AvgIpc) is 3.15. The Bertz CT molecular complexity index is 767. The summed E-state index contributed by atoms with van der Waals surface area (Å²) in [6.07, 6.45) is 3.17. The van der Waals surface area contributed by atoms with E-state index >= 15 is 0 Å². The van der Waals surface area contributed by atoms with Crippen LogP contribution >= 0.6 is 0 Å². The van der Waals surface area contributed by atoms with E-state index in [-0.39, 0.29) is 29.6 Å². The predicted octanol–water partition coefficient (Wildman–Crippen LogP) is 1.76. The molecule has 2 fully saturated rings. The molecule has 0 radical (unpaired) electrons. The fraction of sp³-hybridized carbons (Fsp3) is 0.588. The molecule has 0 spiro atoms. The summed E-state index contributed by atoms with van der Waals surface area (Å²) >= 11 is 0. The molecule has 2 saturated heterocycles. The highest BCUT2D eigenvalue weighted by atomic mass is 32.2. The molecule has 1 aromatic rings. The second-order valence-corrected chi connectivity index (χ2v) is 9.22. The SMILES string of the molecule is CS(=O)(=O)C[C@H]1CCCN1C(=O)NC1CCN(c2c(F)cccc2F)C1. The maximum atomic E-state index is 13.9. The number of likely N-dealkylation sites (tertiary alicyclic amines) is 1. The normalized spacial score (nSPS) is 23.5. The van der Waals surface area contributed by atoms with Gasteiger partial charge in [0, 0.05) is 38.0 Å². The van der Waals surface area contributed by atoms with Gasteiger partial charge in [-0.25, -0.2) is 22.0 Å². The maximum Gasteiger partial charge on any atom is 0.317 e. The van der Waals surface area contributed by atoms with Crippen molar-refractivity contribution in [2.75, 3.05) is 36.5 Å². The number of benzene rings is 1. The highest BCUT2D eigenvalue weighted by molar-refractivity contribution is 7.90. The van der Waals surface area contributed by atoms with Gasteiger partial charge in [-0.05, 0) is 31.4 Å². The topological polar surface area (TPSA) is 69.7 Å². The Morgan fingerprint density at radius 3 is 2.58 bits per heavy atom. The third-order valence-electron chi connectivity index (χ3n) is 4.90. The lowest BCUT2D eigenvalue weighted by atomic mass is 10.2. The molecule has 144 valence electrons. The van der Waals surface area contributed by atoms with E-state index in [1.54, 1.807) is 9.80 Å². The first kappa shape index (κ1) is 18.9. The molecule has 6 nitrogen and oxygen atoms in total. The number of hydrogen-bond donors (Lipinski definition) is 1. The molecule has 2 amide bonds. The highest BCUT2D eigenvalue weighted by Crippen LogP contribution is 2.27. The lowest BCUT2D eigenvalue weighted by Gasteiger charge is -2.26. The zero-order valence-corrected chi connectivity index (χ0v) is 15.4. The monoisotopic (exact) mass is 387 g/mol. The molecule has 2 aliphatic rings. The number of nitrogens with one attached hydrogen (secondary N) is 1. The van der Waals surface area contributed by atoms with E-state index in [9.17, 15) is 22.0 Å². The molecule has 2 atom stereocenters. The summed E-state index contributed by atoms with van der Waals surface area (Å²) in [6, 6.07) is 2.89. The lowest BCUT2D eigenvalue weighted by Crippen LogP contribution is -2.49. The Labute approximate surface area is 152 Å². The standard InChI is InChI=1S/C17H23F2N3O3S/c1-26(24,25)11-13-4-3-8-22(13)17(23)20-12-7-9-21(10-12)16-14(18)5-2-6-15(16)19/h2,5-6,12-13H,3-4,7-11H2,1H3,(H,20,23)/t12?,13-/m1/s1. The molecule has 0 aromatic heterocycles. The maximum absolute atomic E-state index is 13.9. The van der Waals surface area contributed by atoms with E-state index in [1.165, 1.54) is 24.5 Å². The van der Waals surface area contributed by atoms with Crippen LogP contribution in [0.1, 0.15) is 19.3 Å². The molecule has 0 aliphatic carbocycles. The van der Waals surface area contributed by atoms with Crippen LogP contribution in [0.4, 0.5) is 19.3 Å². The van der Waals surface area contributed by atoms with Crippen LogP contribution in [0.3, 0.4) is 0 Å². The quantitative estimate of drug-likeness (QED) is 0.855. The van der Waals surface area contributed by atoms with Crippen LogP contribution in [0.25, 0.3) is 0 Å². The lowest BCUT2D eigenvalue weighted by molar-refractivity contribution is 0.193. The average molecular weight is 387 g/mol. The Morgan fingerprint density at radius 2 is 1.92 bits per heavy atom. The summed E-state index contributed by atoms with van der Waals surface area (Å²) < 4.78 is 50.9. The highest BCUT2D eigenvalue weighted by Gasteiger charge is 2.34. The van der Waals surface area contributed by atoms with E-state index in [0.29, 0.717) is 32.5 Å². The number of hydrogen-bond acceptors (Lipinski definition) is 4.